The van der Waals surface area contributed by atoms with Gasteiger partial charge < -0.3 is 4.74 Å². The van der Waals surface area contributed by atoms with Crippen LogP contribution in [0.5, 0.6) is 5.75 Å². The van der Waals surface area contributed by atoms with Gasteiger partial charge in [0.15, 0.2) is 0 Å². The first-order chi connectivity index (χ1) is 9.48. The predicted octanol–water partition coefficient (Wildman–Crippen LogP) is 3.69. The molecule has 1 heterocycles. The number of nitrogens with zero attached hydrogens (tertiary/aromatic N) is 1. The highest BCUT2D eigenvalue weighted by molar-refractivity contribution is 5.77. The summed E-state index contributed by atoms with van der Waals surface area (Å²) < 4.78 is 41.6. The largest absolute Gasteiger partial charge is 0.573 e. The normalized spacial score (nSPS) is 25.9. The third kappa shape index (κ3) is 2.42. The third-order valence-electron chi connectivity index (χ3n) is 4.04. The number of rotatable bonds is 3. The van der Waals surface area contributed by atoms with Crippen molar-refractivity contribution in [1.29, 1.82) is 0 Å². The SMILES string of the molecule is CCN1CC2C=C(c3ccccc3OC(F)(F)F)C1C2. The quantitative estimate of drug-likeness (QED) is 0.838. The van der Waals surface area contributed by atoms with Crippen molar-refractivity contribution in [2.75, 3.05) is 13.1 Å². The minimum atomic E-state index is -4.65. The molecule has 2 bridgehead atoms. The molecule has 1 fully saturated rings. The van der Waals surface area contributed by atoms with Crippen LogP contribution in [-0.4, -0.2) is 30.4 Å². The van der Waals surface area contributed by atoms with E-state index in [1.165, 1.54) is 6.07 Å². The fourth-order valence-electron chi connectivity index (χ4n) is 3.29. The number of likely N-dealkylation sites (tertiary alicyclic amines) is 1. The molecule has 2 nitrogen and oxygen atoms in total. The van der Waals surface area contributed by atoms with Gasteiger partial charge >= 0.3 is 6.36 Å². The Morgan fingerprint density at radius 2 is 2.05 bits per heavy atom. The molecule has 3 rings (SSSR count). The molecule has 1 aliphatic carbocycles. The second-order valence-electron chi connectivity index (χ2n) is 5.27. The number of fused-ring (bicyclic) bond motifs is 2. The molecule has 108 valence electrons. The number of likely N-dealkylation sites (N-methyl/N-ethyl adjacent to an activating group) is 1. The number of ether oxygens (including phenoxy) is 1. The van der Waals surface area contributed by atoms with E-state index in [1.54, 1.807) is 18.2 Å². The second kappa shape index (κ2) is 4.81. The fourth-order valence-corrected chi connectivity index (χ4v) is 3.29. The van der Waals surface area contributed by atoms with E-state index in [0.29, 0.717) is 11.5 Å². The minimum absolute atomic E-state index is 0.102. The van der Waals surface area contributed by atoms with Gasteiger partial charge in [-0.25, -0.2) is 0 Å². The molecule has 0 radical (unpaired) electrons. The van der Waals surface area contributed by atoms with E-state index in [2.05, 4.69) is 22.6 Å². The topological polar surface area (TPSA) is 12.5 Å². The Labute approximate surface area is 115 Å². The average molecular weight is 283 g/mol. The van der Waals surface area contributed by atoms with Crippen molar-refractivity contribution < 1.29 is 17.9 Å². The maximum atomic E-state index is 12.5. The Hall–Kier alpha value is -1.49. The first-order valence-corrected chi connectivity index (χ1v) is 6.79. The molecule has 0 N–H and O–H groups in total. The highest BCUT2D eigenvalue weighted by Crippen LogP contribution is 2.44. The third-order valence-corrected chi connectivity index (χ3v) is 4.04. The monoisotopic (exact) mass is 283 g/mol. The van der Waals surface area contributed by atoms with Crippen LogP contribution in [0.1, 0.15) is 18.9 Å². The summed E-state index contributed by atoms with van der Waals surface area (Å²) in [4.78, 5) is 2.31. The first-order valence-electron chi connectivity index (χ1n) is 6.79. The standard InChI is InChI=1S/C15H16F3NO/c1-2-19-9-10-7-12(13(19)8-10)11-5-3-4-6-14(11)20-15(16,17)18/h3-7,10,13H,2,8-9H2,1H3. The van der Waals surface area contributed by atoms with Crippen molar-refractivity contribution in [2.45, 2.75) is 25.7 Å². The van der Waals surface area contributed by atoms with Crippen LogP contribution in [0.2, 0.25) is 0 Å². The van der Waals surface area contributed by atoms with Gasteiger partial charge in [-0.15, -0.1) is 13.2 Å². The number of alkyl halides is 3. The lowest BCUT2D eigenvalue weighted by atomic mass is 9.99. The molecule has 2 aliphatic rings. The highest BCUT2D eigenvalue weighted by Gasteiger charge is 2.40. The first kappa shape index (κ1) is 13.5. The van der Waals surface area contributed by atoms with Crippen LogP contribution < -0.4 is 4.74 Å². The molecule has 1 aromatic carbocycles. The molecule has 5 heteroatoms. The maximum absolute atomic E-state index is 12.5. The van der Waals surface area contributed by atoms with Crippen LogP contribution in [-0.2, 0) is 0 Å². The number of benzene rings is 1. The van der Waals surface area contributed by atoms with Crippen LogP contribution in [0.3, 0.4) is 0 Å². The van der Waals surface area contributed by atoms with Gasteiger partial charge in [0.25, 0.3) is 0 Å². The molecule has 0 aromatic heterocycles. The zero-order valence-electron chi connectivity index (χ0n) is 11.2. The van der Waals surface area contributed by atoms with Crippen molar-refractivity contribution >= 4 is 5.57 Å². The van der Waals surface area contributed by atoms with Crippen molar-refractivity contribution in [3.63, 3.8) is 0 Å². The number of para-hydroxylation sites is 1. The van der Waals surface area contributed by atoms with Crippen molar-refractivity contribution in [3.8, 4) is 5.75 Å². The van der Waals surface area contributed by atoms with Crippen LogP contribution >= 0.6 is 0 Å². The van der Waals surface area contributed by atoms with E-state index >= 15 is 0 Å². The van der Waals surface area contributed by atoms with Crippen molar-refractivity contribution in [3.05, 3.63) is 35.9 Å². The van der Waals surface area contributed by atoms with E-state index in [4.69, 9.17) is 0 Å². The molecular formula is C15H16F3NO. The van der Waals surface area contributed by atoms with E-state index in [0.717, 1.165) is 25.1 Å². The molecule has 0 amide bonds. The van der Waals surface area contributed by atoms with E-state index in [9.17, 15) is 13.2 Å². The lowest BCUT2D eigenvalue weighted by molar-refractivity contribution is -0.274. The molecule has 20 heavy (non-hydrogen) atoms. The van der Waals surface area contributed by atoms with Gasteiger partial charge in [0.05, 0.1) is 0 Å². The maximum Gasteiger partial charge on any atom is 0.573 e. The lowest BCUT2D eigenvalue weighted by Crippen LogP contribution is -2.32. The second-order valence-corrected chi connectivity index (χ2v) is 5.27. The van der Waals surface area contributed by atoms with Crippen LogP contribution in [0.4, 0.5) is 13.2 Å². The Kier molecular flexibility index (Phi) is 3.24. The number of hydrogen-bond donors (Lipinski definition) is 0. The number of halogens is 3. The molecule has 0 spiro atoms. The Bertz CT molecular complexity index is 538. The smallest absolute Gasteiger partial charge is 0.405 e. The van der Waals surface area contributed by atoms with E-state index in [-0.39, 0.29) is 11.8 Å². The molecule has 1 aliphatic heterocycles. The Balaban J connectivity index is 1.94. The molecule has 1 saturated heterocycles. The summed E-state index contributed by atoms with van der Waals surface area (Å²) >= 11 is 0. The predicted molar refractivity (Wildman–Crippen MR) is 70.2 cm³/mol. The molecule has 1 aromatic rings. The van der Waals surface area contributed by atoms with Gasteiger partial charge in [0, 0.05) is 18.2 Å². The molecule has 0 saturated carbocycles. The number of hydrogen-bond acceptors (Lipinski definition) is 2. The average Bonchev–Trinajstić information content (AvgIpc) is 2.96. The molecule has 2 unspecified atom stereocenters. The highest BCUT2D eigenvalue weighted by atomic mass is 19.4. The van der Waals surface area contributed by atoms with E-state index < -0.39 is 6.36 Å². The van der Waals surface area contributed by atoms with Gasteiger partial charge in [0.2, 0.25) is 0 Å². The zero-order valence-corrected chi connectivity index (χ0v) is 11.2. The Morgan fingerprint density at radius 3 is 2.70 bits per heavy atom. The summed E-state index contributed by atoms with van der Waals surface area (Å²) in [5.41, 5.74) is 1.54. The Morgan fingerprint density at radius 1 is 1.30 bits per heavy atom. The van der Waals surface area contributed by atoms with Crippen molar-refractivity contribution in [2.24, 2.45) is 5.92 Å². The summed E-state index contributed by atoms with van der Waals surface area (Å²) in [5.74, 6) is 0.351. The summed E-state index contributed by atoms with van der Waals surface area (Å²) in [6, 6.07) is 6.63. The van der Waals surface area contributed by atoms with Gasteiger partial charge in [-0.05, 0) is 30.5 Å². The van der Waals surface area contributed by atoms with Gasteiger partial charge in [-0.3, -0.25) is 4.90 Å². The molecule has 2 atom stereocenters. The van der Waals surface area contributed by atoms with Gasteiger partial charge in [-0.1, -0.05) is 31.2 Å². The van der Waals surface area contributed by atoms with Crippen LogP contribution in [0.25, 0.3) is 5.57 Å². The van der Waals surface area contributed by atoms with Gasteiger partial charge in [-0.2, -0.15) is 0 Å². The summed E-state index contributed by atoms with van der Waals surface area (Å²) in [5, 5.41) is 0. The lowest BCUT2D eigenvalue weighted by Gasteiger charge is -2.28. The van der Waals surface area contributed by atoms with E-state index in [1.807, 2.05) is 0 Å². The minimum Gasteiger partial charge on any atom is -0.405 e. The fraction of sp³-hybridized carbons (Fsp3) is 0.467. The van der Waals surface area contributed by atoms with Gasteiger partial charge in [0.1, 0.15) is 5.75 Å². The van der Waals surface area contributed by atoms with Crippen molar-refractivity contribution in [1.82, 2.24) is 4.90 Å². The summed E-state index contributed by atoms with van der Waals surface area (Å²) in [6.45, 7) is 4.00. The molecular weight excluding hydrogens is 267 g/mol. The van der Waals surface area contributed by atoms with Crippen LogP contribution in [0.15, 0.2) is 30.3 Å². The summed E-state index contributed by atoms with van der Waals surface area (Å²) in [6.07, 6.45) is -1.54. The zero-order chi connectivity index (χ0) is 14.3. The van der Waals surface area contributed by atoms with Crippen LogP contribution in [0, 0.1) is 5.92 Å². The summed E-state index contributed by atoms with van der Waals surface area (Å²) in [7, 11) is 0.